The molecule has 2 aromatic heterocycles. The summed E-state index contributed by atoms with van der Waals surface area (Å²) in [5.74, 6) is 0. The maximum absolute atomic E-state index is 9.14. The second kappa shape index (κ2) is 18.2. The number of fused-ring (bicyclic) bond motifs is 10. The summed E-state index contributed by atoms with van der Waals surface area (Å²) in [6.45, 7) is 6.40. The smallest absolute Gasteiger partial charge is 0.135 e. The molecule has 0 bridgehead atoms. The first-order valence-corrected chi connectivity index (χ1v) is 25.0. The molecule has 15 aromatic rings. The molecule has 15 rings (SSSR count). The Morgan fingerprint density at radius 2 is 0.592 bits per heavy atom. The average Bonchev–Trinajstić information content (AvgIpc) is 1.00. The average molecular weight is 989 g/mol. The predicted octanol–water partition coefficient (Wildman–Crippen LogP) is 21.4. The van der Waals surface area contributed by atoms with Gasteiger partial charge in [0.25, 0.3) is 0 Å². The highest BCUT2D eigenvalue weighted by Crippen LogP contribution is 2.47. The van der Waals surface area contributed by atoms with E-state index in [1.54, 1.807) is 54.6 Å². The van der Waals surface area contributed by atoms with Gasteiger partial charge < -0.3 is 8.83 Å². The molecule has 0 aliphatic rings. The van der Waals surface area contributed by atoms with Crippen molar-refractivity contribution in [3.63, 3.8) is 0 Å². The van der Waals surface area contributed by atoms with E-state index < -0.39 is 48.3 Å². The van der Waals surface area contributed by atoms with Crippen molar-refractivity contribution in [1.82, 2.24) is 0 Å². The normalized spacial score (nSPS) is 14.8. The minimum atomic E-state index is -0.420. The van der Waals surface area contributed by atoms with Gasteiger partial charge in [0, 0.05) is 21.5 Å². The molecule has 0 aliphatic carbocycles. The summed E-state index contributed by atoms with van der Waals surface area (Å²) >= 11 is 0. The lowest BCUT2D eigenvalue weighted by atomic mass is 9.85. The Hall–Kier alpha value is -9.50. The zero-order chi connectivity index (χ0) is 64.8. The van der Waals surface area contributed by atoms with Crippen LogP contribution in [0, 0.1) is 0 Å². The largest absolute Gasteiger partial charge is 0.456 e. The Bertz CT molecular complexity index is 5530. The summed E-state index contributed by atoms with van der Waals surface area (Å²) < 4.78 is 154. The lowest BCUT2D eigenvalue weighted by molar-refractivity contribution is 0.590. The molecule has 0 saturated heterocycles. The van der Waals surface area contributed by atoms with Crippen molar-refractivity contribution >= 4 is 87.0 Å². The van der Waals surface area contributed by atoms with Crippen molar-refractivity contribution in [3.05, 3.63) is 266 Å². The number of rotatable bonds is 5. The molecule has 0 N–H and O–H groups in total. The van der Waals surface area contributed by atoms with E-state index >= 15 is 0 Å². The van der Waals surface area contributed by atoms with E-state index in [1.807, 2.05) is 103 Å². The van der Waals surface area contributed by atoms with Crippen molar-refractivity contribution in [2.45, 2.75) is 26.2 Å². The van der Waals surface area contributed by atoms with Gasteiger partial charge in [0.2, 0.25) is 0 Å². The summed E-state index contributed by atoms with van der Waals surface area (Å²) in [5.41, 5.74) is 9.21. The SMILES string of the molecule is [2H]c1c([2H])c([2H])c2c(-c3ccc4oc5ccc(C(C)(C)C)cc5c4c3)c3c([2H])c([2H])c([2H])c([2H])c3c(-c3ccccc3)c2c1[2H].[2H]c1c([2H])c([2H])c2c(-c3cccc(-c4ccc5oc6ccccc6c5c4)c3)c3c([2H])c([2H])c([2H])c([2H])c3c(-c3ccccc3)c2c1[2H]. The summed E-state index contributed by atoms with van der Waals surface area (Å²) in [4.78, 5) is 0. The third-order valence-electron chi connectivity index (χ3n) is 14.4. The molecule has 0 saturated carbocycles. The van der Waals surface area contributed by atoms with Gasteiger partial charge in [0.15, 0.2) is 0 Å². The van der Waals surface area contributed by atoms with Crippen molar-refractivity contribution in [1.29, 1.82) is 0 Å². The quantitative estimate of drug-likeness (QED) is 0.161. The Morgan fingerprint density at radius 3 is 1.08 bits per heavy atom. The molecule has 0 fully saturated rings. The summed E-state index contributed by atoms with van der Waals surface area (Å²) in [7, 11) is 0. The lowest BCUT2D eigenvalue weighted by Gasteiger charge is -2.18. The van der Waals surface area contributed by atoms with Crippen LogP contribution in [0.15, 0.2) is 269 Å². The molecule has 2 nitrogen and oxygen atoms in total. The molecule has 0 amide bonds. The van der Waals surface area contributed by atoms with Crippen LogP contribution < -0.4 is 0 Å². The second-order valence-corrected chi connectivity index (χ2v) is 19.9. The van der Waals surface area contributed by atoms with E-state index in [0.29, 0.717) is 55.7 Å². The number of furan rings is 2. The van der Waals surface area contributed by atoms with Crippen LogP contribution >= 0.6 is 0 Å². The maximum atomic E-state index is 9.14. The van der Waals surface area contributed by atoms with Crippen LogP contribution in [0.1, 0.15) is 48.3 Å². The fraction of sp³-hybridized carbons (Fsp3) is 0.0541. The van der Waals surface area contributed by atoms with Crippen LogP contribution in [-0.2, 0) is 5.41 Å². The van der Waals surface area contributed by atoms with Crippen molar-refractivity contribution < 1.29 is 30.8 Å². The zero-order valence-corrected chi connectivity index (χ0v) is 41.4. The lowest BCUT2D eigenvalue weighted by Crippen LogP contribution is -2.10. The zero-order valence-electron chi connectivity index (χ0n) is 57.4. The van der Waals surface area contributed by atoms with Gasteiger partial charge in [-0.1, -0.05) is 233 Å². The van der Waals surface area contributed by atoms with Crippen LogP contribution in [0.2, 0.25) is 0 Å². The molecule has 0 atom stereocenters. The highest BCUT2D eigenvalue weighted by molar-refractivity contribution is 6.23. The molecule has 0 spiro atoms. The summed E-state index contributed by atoms with van der Waals surface area (Å²) in [6.07, 6.45) is 0. The number of benzene rings is 13. The molecule has 0 radical (unpaired) electrons. The van der Waals surface area contributed by atoms with Crippen LogP contribution in [0.4, 0.5) is 0 Å². The number of para-hydroxylation sites is 1. The van der Waals surface area contributed by atoms with Crippen LogP contribution in [-0.4, -0.2) is 0 Å². The van der Waals surface area contributed by atoms with Crippen LogP contribution in [0.25, 0.3) is 143 Å². The Morgan fingerprint density at radius 1 is 0.263 bits per heavy atom. The standard InChI is InChI=1S/C38H24O.C36H28O/c1-2-11-25(12-3-1)37-30-16-4-6-18-32(30)38(33-19-7-5-17-31(33)37)28-14-10-13-26(23-28)27-21-22-36-34(24-27)29-15-8-9-20-35(29)39-36;1-36(2,3)25-18-20-33-31(22-25)30-21-24(17-19-32(30)37-33)35-28-15-9-7-13-26(28)34(23-11-5-4-6-12-23)27-14-8-10-16-29(27)35/h1-24H;4-22H,1-3H3/i4D,5D,6D,7D,16D,17D,18D,19D;7D,8D,9D,10D,13D,14D,15D,16D. The van der Waals surface area contributed by atoms with Gasteiger partial charge in [-0.25, -0.2) is 0 Å². The van der Waals surface area contributed by atoms with Crippen molar-refractivity contribution in [3.8, 4) is 55.6 Å². The summed E-state index contributed by atoms with van der Waals surface area (Å²) in [5, 5.41) is 5.20. The van der Waals surface area contributed by atoms with Gasteiger partial charge in [-0.15, -0.1) is 0 Å². The van der Waals surface area contributed by atoms with Gasteiger partial charge in [0.1, 0.15) is 22.3 Å². The van der Waals surface area contributed by atoms with Crippen LogP contribution in [0.5, 0.6) is 0 Å². The topological polar surface area (TPSA) is 26.3 Å². The molecular weight excluding hydrogens is 921 g/mol. The third kappa shape index (κ3) is 7.64. The van der Waals surface area contributed by atoms with Gasteiger partial charge in [-0.3, -0.25) is 0 Å². The highest BCUT2D eigenvalue weighted by atomic mass is 16.3. The molecule has 13 aromatic carbocycles. The minimum Gasteiger partial charge on any atom is -0.456 e. The number of hydrogen-bond donors (Lipinski definition) is 0. The molecule has 2 heterocycles. The van der Waals surface area contributed by atoms with Crippen molar-refractivity contribution in [2.24, 2.45) is 0 Å². The number of hydrogen-bond acceptors (Lipinski definition) is 2. The molecule has 0 aliphatic heterocycles. The predicted molar refractivity (Wildman–Crippen MR) is 323 cm³/mol. The first kappa shape index (κ1) is 31.3. The van der Waals surface area contributed by atoms with E-state index in [2.05, 4.69) is 26.8 Å². The van der Waals surface area contributed by atoms with Gasteiger partial charge in [-0.2, -0.15) is 0 Å². The van der Waals surface area contributed by atoms with Gasteiger partial charge >= 0.3 is 0 Å². The summed E-state index contributed by atoms with van der Waals surface area (Å²) in [6, 6.07) is 45.2. The van der Waals surface area contributed by atoms with E-state index in [1.165, 1.54) is 0 Å². The molecule has 0 unspecified atom stereocenters. The first-order chi connectivity index (χ1) is 44.0. The third-order valence-corrected chi connectivity index (χ3v) is 14.4. The molecule has 76 heavy (non-hydrogen) atoms. The maximum Gasteiger partial charge on any atom is 0.135 e. The van der Waals surface area contributed by atoms with Gasteiger partial charge in [0.05, 0.1) is 21.9 Å². The Labute approximate surface area is 464 Å². The van der Waals surface area contributed by atoms with E-state index in [0.717, 1.165) is 49.4 Å². The monoisotopic (exact) mass is 988 g/mol. The first-order valence-electron chi connectivity index (χ1n) is 33.0. The molecule has 2 heteroatoms. The van der Waals surface area contributed by atoms with Gasteiger partial charge in [-0.05, 0) is 158 Å². The van der Waals surface area contributed by atoms with E-state index in [4.69, 9.17) is 30.8 Å². The minimum absolute atomic E-state index is 0.110. The molecular formula is C74H52O2. The molecule has 360 valence electrons. The highest BCUT2D eigenvalue weighted by Gasteiger charge is 2.21. The van der Waals surface area contributed by atoms with E-state index in [-0.39, 0.29) is 96.8 Å². The fourth-order valence-corrected chi connectivity index (χ4v) is 10.8. The fourth-order valence-electron chi connectivity index (χ4n) is 10.8. The second-order valence-electron chi connectivity index (χ2n) is 19.9. The van der Waals surface area contributed by atoms with Crippen molar-refractivity contribution in [2.75, 3.05) is 0 Å². The van der Waals surface area contributed by atoms with Crippen LogP contribution in [0.3, 0.4) is 0 Å². The Kier molecular flexibility index (Phi) is 7.47. The van der Waals surface area contributed by atoms with E-state index in [9.17, 15) is 0 Å². The Balaban J connectivity index is 0.000000160.